The second-order valence-electron chi connectivity index (χ2n) is 8.28. The molecule has 0 saturated carbocycles. The molecule has 0 spiro atoms. The first-order valence-electron chi connectivity index (χ1n) is 11.0. The van der Waals surface area contributed by atoms with Gasteiger partial charge in [0.1, 0.15) is 4.88 Å². The van der Waals surface area contributed by atoms with Crippen LogP contribution in [0.5, 0.6) is 0 Å². The molecule has 1 aliphatic heterocycles. The number of hydrogen-bond donors (Lipinski definition) is 1. The summed E-state index contributed by atoms with van der Waals surface area (Å²) in [5.41, 5.74) is 1.55. The van der Waals surface area contributed by atoms with Gasteiger partial charge in [-0.15, -0.1) is 11.3 Å². The Morgan fingerprint density at radius 3 is 2.29 bits per heavy atom. The molecule has 1 aliphatic rings. The number of ether oxygens (including phenoxy) is 1. The van der Waals surface area contributed by atoms with Crippen molar-refractivity contribution in [3.8, 4) is 10.4 Å². The highest BCUT2D eigenvalue weighted by Crippen LogP contribution is 2.35. The predicted molar refractivity (Wildman–Crippen MR) is 133 cm³/mol. The lowest BCUT2D eigenvalue weighted by Crippen LogP contribution is -2.37. The topological polar surface area (TPSA) is 92.8 Å². The van der Waals surface area contributed by atoms with Gasteiger partial charge in [-0.1, -0.05) is 37.3 Å². The van der Waals surface area contributed by atoms with Crippen molar-refractivity contribution in [1.29, 1.82) is 0 Å². The summed E-state index contributed by atoms with van der Waals surface area (Å²) in [6.07, 6.45) is 1.68. The molecule has 9 heteroatoms. The van der Waals surface area contributed by atoms with Crippen molar-refractivity contribution < 1.29 is 22.7 Å². The fourth-order valence-electron chi connectivity index (χ4n) is 3.82. The summed E-state index contributed by atoms with van der Waals surface area (Å²) in [6.45, 7) is 3.13. The molecular formula is C25H26N2O5S2. The monoisotopic (exact) mass is 498 g/mol. The van der Waals surface area contributed by atoms with Gasteiger partial charge < -0.3 is 10.1 Å². The third-order valence-corrected chi connectivity index (χ3v) is 8.98. The standard InChI is InChI=1S/C25H26N2O5S2/c1-17-12-14-27(15-13-17)34(30,31)20-10-8-19(9-11-20)24(28)26-21-16-22(18-6-4-3-5-7-18)33-23(21)25(29)32-2/h3-11,16-17H,12-15H2,1-2H3,(H,26,28). The number of sulfonamides is 1. The molecule has 1 aromatic heterocycles. The average molecular weight is 499 g/mol. The van der Waals surface area contributed by atoms with E-state index in [0.717, 1.165) is 23.3 Å². The van der Waals surface area contributed by atoms with Crippen LogP contribution in [0.4, 0.5) is 5.69 Å². The molecule has 0 radical (unpaired) electrons. The van der Waals surface area contributed by atoms with E-state index in [1.165, 1.54) is 47.0 Å². The van der Waals surface area contributed by atoms with Crippen LogP contribution in [0.1, 0.15) is 39.8 Å². The molecule has 0 atom stereocenters. The van der Waals surface area contributed by atoms with Crippen LogP contribution >= 0.6 is 11.3 Å². The zero-order valence-corrected chi connectivity index (χ0v) is 20.6. The van der Waals surface area contributed by atoms with Crippen LogP contribution in [0.3, 0.4) is 0 Å². The maximum Gasteiger partial charge on any atom is 0.350 e. The van der Waals surface area contributed by atoms with Crippen LogP contribution in [0.15, 0.2) is 65.6 Å². The van der Waals surface area contributed by atoms with E-state index in [2.05, 4.69) is 12.2 Å². The van der Waals surface area contributed by atoms with Crippen LogP contribution in [-0.2, 0) is 14.8 Å². The van der Waals surface area contributed by atoms with Gasteiger partial charge in [0.05, 0.1) is 17.7 Å². The van der Waals surface area contributed by atoms with Crippen molar-refractivity contribution in [2.45, 2.75) is 24.7 Å². The van der Waals surface area contributed by atoms with E-state index < -0.39 is 21.9 Å². The molecule has 1 saturated heterocycles. The zero-order chi connectivity index (χ0) is 24.3. The Kier molecular flexibility index (Phi) is 7.16. The number of carbonyl (C=O) groups is 2. The maximum atomic E-state index is 12.9. The number of nitrogens with one attached hydrogen (secondary N) is 1. The Labute approximate surface area is 203 Å². The second kappa shape index (κ2) is 10.1. The SMILES string of the molecule is COC(=O)c1sc(-c2ccccc2)cc1NC(=O)c1ccc(S(=O)(=O)N2CCC(C)CC2)cc1. The summed E-state index contributed by atoms with van der Waals surface area (Å²) >= 11 is 1.23. The van der Waals surface area contributed by atoms with E-state index in [-0.39, 0.29) is 15.3 Å². The number of thiophene rings is 1. The van der Waals surface area contributed by atoms with Crippen LogP contribution in [-0.4, -0.2) is 44.8 Å². The number of nitrogens with zero attached hydrogens (tertiary/aromatic N) is 1. The van der Waals surface area contributed by atoms with Gasteiger partial charge in [0, 0.05) is 23.5 Å². The Hall–Kier alpha value is -3.01. The van der Waals surface area contributed by atoms with E-state index in [1.54, 1.807) is 6.07 Å². The first-order chi connectivity index (χ1) is 16.3. The minimum absolute atomic E-state index is 0.163. The third-order valence-electron chi connectivity index (χ3n) is 5.91. The van der Waals surface area contributed by atoms with E-state index >= 15 is 0 Å². The lowest BCUT2D eigenvalue weighted by molar-refractivity contribution is 0.0607. The molecule has 4 rings (SSSR count). The van der Waals surface area contributed by atoms with E-state index in [4.69, 9.17) is 4.74 Å². The number of anilines is 1. The average Bonchev–Trinajstić information content (AvgIpc) is 3.28. The van der Waals surface area contributed by atoms with Crippen LogP contribution in [0.2, 0.25) is 0 Å². The van der Waals surface area contributed by atoms with Crippen molar-refractivity contribution >= 4 is 38.9 Å². The van der Waals surface area contributed by atoms with Gasteiger partial charge in [-0.25, -0.2) is 13.2 Å². The summed E-state index contributed by atoms with van der Waals surface area (Å²) in [6, 6.07) is 17.1. The van der Waals surface area contributed by atoms with Crippen molar-refractivity contribution in [1.82, 2.24) is 4.31 Å². The molecule has 34 heavy (non-hydrogen) atoms. The molecule has 2 heterocycles. The Morgan fingerprint density at radius 1 is 1.03 bits per heavy atom. The van der Waals surface area contributed by atoms with Crippen molar-refractivity contribution in [2.24, 2.45) is 5.92 Å². The summed E-state index contributed by atoms with van der Waals surface area (Å²) in [5, 5.41) is 2.77. The van der Waals surface area contributed by atoms with Crippen LogP contribution in [0, 0.1) is 5.92 Å². The van der Waals surface area contributed by atoms with Crippen molar-refractivity contribution in [2.75, 3.05) is 25.5 Å². The minimum atomic E-state index is -3.59. The van der Waals surface area contributed by atoms with Gasteiger partial charge in [0.25, 0.3) is 5.91 Å². The van der Waals surface area contributed by atoms with Gasteiger partial charge in [0.15, 0.2) is 0 Å². The number of benzene rings is 2. The Balaban J connectivity index is 1.54. The predicted octanol–water partition coefficient (Wildman–Crippen LogP) is 4.87. The number of esters is 1. The van der Waals surface area contributed by atoms with Gasteiger partial charge in [0.2, 0.25) is 10.0 Å². The number of methoxy groups -OCH3 is 1. The van der Waals surface area contributed by atoms with Crippen LogP contribution < -0.4 is 5.32 Å². The maximum absolute atomic E-state index is 12.9. The van der Waals surface area contributed by atoms with E-state index in [1.807, 2.05) is 30.3 Å². The molecule has 1 fully saturated rings. The third kappa shape index (κ3) is 5.06. The van der Waals surface area contributed by atoms with Crippen molar-refractivity contribution in [3.63, 3.8) is 0 Å². The largest absolute Gasteiger partial charge is 0.465 e. The quantitative estimate of drug-likeness (QED) is 0.489. The lowest BCUT2D eigenvalue weighted by atomic mass is 10.0. The highest BCUT2D eigenvalue weighted by Gasteiger charge is 2.28. The molecule has 1 N–H and O–H groups in total. The molecule has 0 aliphatic carbocycles. The van der Waals surface area contributed by atoms with Crippen molar-refractivity contribution in [3.05, 3.63) is 71.1 Å². The molecule has 0 unspecified atom stereocenters. The summed E-state index contributed by atoms with van der Waals surface area (Å²) in [5.74, 6) is -0.468. The highest BCUT2D eigenvalue weighted by atomic mass is 32.2. The minimum Gasteiger partial charge on any atom is -0.465 e. The van der Waals surface area contributed by atoms with E-state index in [0.29, 0.717) is 24.7 Å². The molecule has 2 aromatic carbocycles. The summed E-state index contributed by atoms with van der Waals surface area (Å²) in [4.78, 5) is 26.5. The van der Waals surface area contributed by atoms with Gasteiger partial charge in [-0.2, -0.15) is 4.31 Å². The molecule has 0 bridgehead atoms. The fourth-order valence-corrected chi connectivity index (χ4v) is 6.33. The fraction of sp³-hybridized carbons (Fsp3) is 0.280. The van der Waals surface area contributed by atoms with Crippen LogP contribution in [0.25, 0.3) is 10.4 Å². The zero-order valence-electron chi connectivity index (χ0n) is 19.0. The van der Waals surface area contributed by atoms with Gasteiger partial charge in [-0.05, 0) is 54.7 Å². The summed E-state index contributed by atoms with van der Waals surface area (Å²) < 4.78 is 32.2. The molecular weight excluding hydrogens is 472 g/mol. The Morgan fingerprint density at radius 2 is 1.68 bits per heavy atom. The van der Waals surface area contributed by atoms with Gasteiger partial charge >= 0.3 is 5.97 Å². The number of hydrogen-bond acceptors (Lipinski definition) is 6. The lowest BCUT2D eigenvalue weighted by Gasteiger charge is -2.29. The number of piperidine rings is 1. The Bertz CT molecular complexity index is 1280. The normalized spacial score (nSPS) is 15.1. The highest BCUT2D eigenvalue weighted by molar-refractivity contribution is 7.89. The first-order valence-corrected chi connectivity index (χ1v) is 13.2. The number of rotatable bonds is 6. The molecule has 178 valence electrons. The second-order valence-corrected chi connectivity index (χ2v) is 11.3. The smallest absolute Gasteiger partial charge is 0.350 e. The van der Waals surface area contributed by atoms with Gasteiger partial charge in [-0.3, -0.25) is 4.79 Å². The first kappa shape index (κ1) is 24.1. The molecule has 1 amide bonds. The van der Waals surface area contributed by atoms with E-state index in [9.17, 15) is 18.0 Å². The molecule has 3 aromatic rings. The molecule has 7 nitrogen and oxygen atoms in total. The number of amides is 1. The summed E-state index contributed by atoms with van der Waals surface area (Å²) in [7, 11) is -2.30. The number of carbonyl (C=O) groups excluding carboxylic acids is 2.